The van der Waals surface area contributed by atoms with Crippen LogP contribution in [0.1, 0.15) is 68.9 Å². The molecule has 0 bridgehead atoms. The third-order valence-corrected chi connectivity index (χ3v) is 2.53. The standard InChI is InChI=1S/C12H20N2O3/c1-4-7-9(8-5-2)10-13-11(17-14-10)12(15)16-6-3/h9H,4-8H2,1-3H3. The smallest absolute Gasteiger partial charge is 0.397 e. The number of rotatable bonds is 7. The molecule has 96 valence electrons. The van der Waals surface area contributed by atoms with Gasteiger partial charge in [-0.25, -0.2) is 4.79 Å². The summed E-state index contributed by atoms with van der Waals surface area (Å²) in [4.78, 5) is 15.5. The van der Waals surface area contributed by atoms with Crippen molar-refractivity contribution in [1.29, 1.82) is 0 Å². The molecule has 0 saturated heterocycles. The van der Waals surface area contributed by atoms with Gasteiger partial charge in [0.1, 0.15) is 0 Å². The highest BCUT2D eigenvalue weighted by molar-refractivity contribution is 5.83. The van der Waals surface area contributed by atoms with Crippen molar-refractivity contribution in [2.45, 2.75) is 52.4 Å². The van der Waals surface area contributed by atoms with Crippen LogP contribution in [0.15, 0.2) is 4.52 Å². The van der Waals surface area contributed by atoms with E-state index in [2.05, 4.69) is 24.0 Å². The molecule has 0 saturated carbocycles. The van der Waals surface area contributed by atoms with Crippen LogP contribution in [0, 0.1) is 0 Å². The van der Waals surface area contributed by atoms with Crippen LogP contribution in [-0.2, 0) is 4.74 Å². The lowest BCUT2D eigenvalue weighted by Crippen LogP contribution is -2.06. The number of nitrogens with zero attached hydrogens (tertiary/aromatic N) is 2. The van der Waals surface area contributed by atoms with Crippen molar-refractivity contribution in [3.63, 3.8) is 0 Å². The van der Waals surface area contributed by atoms with Crippen molar-refractivity contribution in [2.24, 2.45) is 0 Å². The monoisotopic (exact) mass is 240 g/mol. The van der Waals surface area contributed by atoms with Gasteiger partial charge in [0.25, 0.3) is 0 Å². The zero-order valence-electron chi connectivity index (χ0n) is 10.7. The van der Waals surface area contributed by atoms with E-state index in [0.717, 1.165) is 25.7 Å². The normalized spacial score (nSPS) is 10.8. The maximum absolute atomic E-state index is 11.4. The highest BCUT2D eigenvalue weighted by Crippen LogP contribution is 2.23. The van der Waals surface area contributed by atoms with E-state index in [1.807, 2.05) is 0 Å². The molecule has 0 spiro atoms. The Kier molecular flexibility index (Phi) is 5.66. The first-order valence-corrected chi connectivity index (χ1v) is 6.23. The lowest BCUT2D eigenvalue weighted by atomic mass is 9.98. The predicted octanol–water partition coefficient (Wildman–Crippen LogP) is 2.93. The van der Waals surface area contributed by atoms with Gasteiger partial charge < -0.3 is 9.26 Å². The second-order valence-electron chi connectivity index (χ2n) is 3.95. The van der Waals surface area contributed by atoms with Crippen LogP contribution in [0.2, 0.25) is 0 Å². The first kappa shape index (κ1) is 13.7. The predicted molar refractivity (Wildman–Crippen MR) is 62.8 cm³/mol. The largest absolute Gasteiger partial charge is 0.459 e. The Hall–Kier alpha value is -1.39. The molecule has 1 rings (SSSR count). The summed E-state index contributed by atoms with van der Waals surface area (Å²) in [7, 11) is 0. The summed E-state index contributed by atoms with van der Waals surface area (Å²) in [6.45, 7) is 6.29. The highest BCUT2D eigenvalue weighted by Gasteiger charge is 2.21. The molecule has 0 fully saturated rings. The molecule has 0 radical (unpaired) electrons. The first-order valence-electron chi connectivity index (χ1n) is 6.23. The summed E-state index contributed by atoms with van der Waals surface area (Å²) < 4.78 is 9.72. The lowest BCUT2D eigenvalue weighted by molar-refractivity contribution is 0.0470. The SMILES string of the molecule is CCCC(CCC)c1noc(C(=O)OCC)n1. The van der Waals surface area contributed by atoms with Crippen LogP contribution in [0.5, 0.6) is 0 Å². The van der Waals surface area contributed by atoms with Gasteiger partial charge in [-0.3, -0.25) is 0 Å². The number of carbonyl (C=O) groups is 1. The summed E-state index contributed by atoms with van der Waals surface area (Å²) in [5, 5.41) is 3.87. The third kappa shape index (κ3) is 3.84. The number of ether oxygens (including phenoxy) is 1. The Labute approximate surface area is 102 Å². The minimum Gasteiger partial charge on any atom is -0.459 e. The van der Waals surface area contributed by atoms with Crippen LogP contribution >= 0.6 is 0 Å². The molecule has 5 nitrogen and oxygen atoms in total. The summed E-state index contributed by atoms with van der Waals surface area (Å²) in [6.07, 6.45) is 4.15. The number of carbonyl (C=O) groups excluding carboxylic acids is 1. The number of hydrogen-bond donors (Lipinski definition) is 0. The summed E-state index contributed by atoms with van der Waals surface area (Å²) in [5.74, 6) is 0.311. The molecule has 0 aromatic carbocycles. The average molecular weight is 240 g/mol. The van der Waals surface area contributed by atoms with E-state index in [0.29, 0.717) is 12.4 Å². The Morgan fingerprint density at radius 2 is 1.94 bits per heavy atom. The molecule has 1 heterocycles. The van der Waals surface area contributed by atoms with Gasteiger partial charge in [-0.1, -0.05) is 31.8 Å². The Bertz CT molecular complexity index is 343. The van der Waals surface area contributed by atoms with E-state index in [1.54, 1.807) is 6.92 Å². The van der Waals surface area contributed by atoms with E-state index in [9.17, 15) is 4.79 Å². The van der Waals surface area contributed by atoms with Crippen molar-refractivity contribution in [1.82, 2.24) is 10.1 Å². The molecule has 0 aliphatic rings. The Morgan fingerprint density at radius 1 is 1.29 bits per heavy atom. The van der Waals surface area contributed by atoms with Gasteiger partial charge in [-0.2, -0.15) is 4.98 Å². The average Bonchev–Trinajstić information content (AvgIpc) is 2.78. The van der Waals surface area contributed by atoms with E-state index < -0.39 is 5.97 Å². The van der Waals surface area contributed by atoms with Crippen molar-refractivity contribution < 1.29 is 14.1 Å². The topological polar surface area (TPSA) is 65.2 Å². The fourth-order valence-corrected chi connectivity index (χ4v) is 1.78. The Balaban J connectivity index is 2.73. The molecule has 0 atom stereocenters. The van der Waals surface area contributed by atoms with Gasteiger partial charge in [0, 0.05) is 5.92 Å². The molecular formula is C12H20N2O3. The first-order chi connectivity index (χ1) is 8.22. The fourth-order valence-electron chi connectivity index (χ4n) is 1.78. The zero-order chi connectivity index (χ0) is 12.7. The maximum atomic E-state index is 11.4. The number of esters is 1. The van der Waals surface area contributed by atoms with Gasteiger partial charge in [-0.05, 0) is 19.8 Å². The van der Waals surface area contributed by atoms with Crippen LogP contribution in [0.3, 0.4) is 0 Å². The minimum absolute atomic E-state index is 0.0425. The molecule has 1 aromatic heterocycles. The van der Waals surface area contributed by atoms with Gasteiger partial charge in [0.2, 0.25) is 0 Å². The third-order valence-electron chi connectivity index (χ3n) is 2.53. The zero-order valence-corrected chi connectivity index (χ0v) is 10.7. The van der Waals surface area contributed by atoms with Crippen molar-refractivity contribution in [3.05, 3.63) is 11.7 Å². The second-order valence-corrected chi connectivity index (χ2v) is 3.95. The molecule has 0 unspecified atom stereocenters. The summed E-state index contributed by atoms with van der Waals surface area (Å²) in [6, 6.07) is 0. The second kappa shape index (κ2) is 7.04. The van der Waals surface area contributed by atoms with Crippen molar-refractivity contribution in [2.75, 3.05) is 6.61 Å². The van der Waals surface area contributed by atoms with E-state index in [4.69, 9.17) is 9.26 Å². The minimum atomic E-state index is -0.544. The van der Waals surface area contributed by atoms with Crippen molar-refractivity contribution in [3.8, 4) is 0 Å². The number of hydrogen-bond acceptors (Lipinski definition) is 5. The fraction of sp³-hybridized carbons (Fsp3) is 0.750. The quantitative estimate of drug-likeness (QED) is 0.685. The molecule has 0 aliphatic carbocycles. The number of aromatic nitrogens is 2. The van der Waals surface area contributed by atoms with Gasteiger partial charge in [0.15, 0.2) is 5.82 Å². The molecule has 5 heteroatoms. The van der Waals surface area contributed by atoms with Gasteiger partial charge in [0.05, 0.1) is 6.61 Å². The van der Waals surface area contributed by atoms with Gasteiger partial charge >= 0.3 is 11.9 Å². The maximum Gasteiger partial charge on any atom is 0.397 e. The summed E-state index contributed by atoms with van der Waals surface area (Å²) >= 11 is 0. The van der Waals surface area contributed by atoms with Crippen LogP contribution in [0.4, 0.5) is 0 Å². The van der Waals surface area contributed by atoms with Gasteiger partial charge in [-0.15, -0.1) is 0 Å². The highest BCUT2D eigenvalue weighted by atomic mass is 16.6. The Morgan fingerprint density at radius 3 is 2.47 bits per heavy atom. The van der Waals surface area contributed by atoms with Crippen LogP contribution in [-0.4, -0.2) is 22.7 Å². The van der Waals surface area contributed by atoms with E-state index in [-0.39, 0.29) is 11.8 Å². The van der Waals surface area contributed by atoms with Crippen LogP contribution < -0.4 is 0 Å². The molecule has 1 aromatic rings. The molecule has 0 N–H and O–H groups in total. The lowest BCUT2D eigenvalue weighted by Gasteiger charge is -2.09. The van der Waals surface area contributed by atoms with E-state index >= 15 is 0 Å². The molecule has 17 heavy (non-hydrogen) atoms. The van der Waals surface area contributed by atoms with E-state index in [1.165, 1.54) is 0 Å². The summed E-state index contributed by atoms with van der Waals surface area (Å²) in [5.41, 5.74) is 0. The van der Waals surface area contributed by atoms with Crippen LogP contribution in [0.25, 0.3) is 0 Å². The molecular weight excluding hydrogens is 220 g/mol. The molecule has 0 aliphatic heterocycles. The molecule has 0 amide bonds. The van der Waals surface area contributed by atoms with Crippen molar-refractivity contribution >= 4 is 5.97 Å².